The summed E-state index contributed by atoms with van der Waals surface area (Å²) in [5.41, 5.74) is 2.14. The molecule has 1 aliphatic rings. The Hall–Kier alpha value is -0.910. The minimum atomic E-state index is -0.463. The highest BCUT2D eigenvalue weighted by molar-refractivity contribution is 5.11. The SMILES string of the molecule is CCc1cc(CC(O)C2CN(CC)CCO2)n(C)n1. The second kappa shape index (κ2) is 6.50. The third kappa shape index (κ3) is 3.55. The quantitative estimate of drug-likeness (QED) is 0.849. The monoisotopic (exact) mass is 267 g/mol. The lowest BCUT2D eigenvalue weighted by atomic mass is 10.1. The predicted octanol–water partition coefficient (Wildman–Crippen LogP) is 0.607. The molecule has 5 heteroatoms. The molecular formula is C14H25N3O2. The van der Waals surface area contributed by atoms with Crippen LogP contribution in [0.4, 0.5) is 0 Å². The predicted molar refractivity (Wildman–Crippen MR) is 74.2 cm³/mol. The van der Waals surface area contributed by atoms with Crippen molar-refractivity contribution in [3.63, 3.8) is 0 Å². The summed E-state index contributed by atoms with van der Waals surface area (Å²) in [4.78, 5) is 2.32. The Kier molecular flexibility index (Phi) is 4.96. The molecule has 1 saturated heterocycles. The first kappa shape index (κ1) is 14.5. The topological polar surface area (TPSA) is 50.5 Å². The van der Waals surface area contributed by atoms with Gasteiger partial charge in [-0.3, -0.25) is 9.58 Å². The molecule has 5 nitrogen and oxygen atoms in total. The Morgan fingerprint density at radius 1 is 1.53 bits per heavy atom. The Labute approximate surface area is 115 Å². The van der Waals surface area contributed by atoms with E-state index >= 15 is 0 Å². The molecule has 0 bridgehead atoms. The van der Waals surface area contributed by atoms with Crippen LogP contribution in [0.2, 0.25) is 0 Å². The van der Waals surface area contributed by atoms with Crippen molar-refractivity contribution >= 4 is 0 Å². The smallest absolute Gasteiger partial charge is 0.0964 e. The molecule has 108 valence electrons. The molecule has 1 N–H and O–H groups in total. The molecule has 1 fully saturated rings. The third-order valence-corrected chi connectivity index (χ3v) is 3.86. The van der Waals surface area contributed by atoms with Gasteiger partial charge in [0.25, 0.3) is 0 Å². The second-order valence-electron chi connectivity index (χ2n) is 5.18. The molecule has 1 aromatic heterocycles. The summed E-state index contributed by atoms with van der Waals surface area (Å²) in [5.74, 6) is 0. The number of morpholine rings is 1. The van der Waals surface area contributed by atoms with E-state index in [1.807, 2.05) is 11.7 Å². The van der Waals surface area contributed by atoms with Crippen molar-refractivity contribution in [2.45, 2.75) is 38.9 Å². The number of aliphatic hydroxyl groups is 1. The average Bonchev–Trinajstić information content (AvgIpc) is 2.79. The fourth-order valence-electron chi connectivity index (χ4n) is 2.53. The van der Waals surface area contributed by atoms with Gasteiger partial charge in [-0.05, 0) is 19.0 Å². The summed E-state index contributed by atoms with van der Waals surface area (Å²) in [7, 11) is 1.93. The normalized spacial score (nSPS) is 22.6. The van der Waals surface area contributed by atoms with E-state index in [4.69, 9.17) is 4.74 Å². The molecule has 0 spiro atoms. The Balaban J connectivity index is 1.95. The summed E-state index contributed by atoms with van der Waals surface area (Å²) in [6.07, 6.45) is 0.974. The molecule has 2 rings (SSSR count). The van der Waals surface area contributed by atoms with Crippen LogP contribution in [0.5, 0.6) is 0 Å². The minimum Gasteiger partial charge on any atom is -0.390 e. The summed E-state index contributed by atoms with van der Waals surface area (Å²) in [5, 5.41) is 14.8. The van der Waals surface area contributed by atoms with Gasteiger partial charge in [0.1, 0.15) is 0 Å². The fraction of sp³-hybridized carbons (Fsp3) is 0.786. The maximum Gasteiger partial charge on any atom is 0.0964 e. The van der Waals surface area contributed by atoms with Crippen molar-refractivity contribution in [3.8, 4) is 0 Å². The van der Waals surface area contributed by atoms with Gasteiger partial charge in [-0.1, -0.05) is 13.8 Å². The van der Waals surface area contributed by atoms with Crippen molar-refractivity contribution in [2.24, 2.45) is 7.05 Å². The number of nitrogens with zero attached hydrogens (tertiary/aromatic N) is 3. The molecular weight excluding hydrogens is 242 g/mol. The van der Waals surface area contributed by atoms with E-state index in [9.17, 15) is 5.11 Å². The third-order valence-electron chi connectivity index (χ3n) is 3.86. The molecule has 0 aromatic carbocycles. The molecule has 0 saturated carbocycles. The van der Waals surface area contributed by atoms with Crippen LogP contribution in [0.3, 0.4) is 0 Å². The first-order valence-corrected chi connectivity index (χ1v) is 7.17. The summed E-state index contributed by atoms with van der Waals surface area (Å²) >= 11 is 0. The van der Waals surface area contributed by atoms with Crippen LogP contribution in [-0.2, 0) is 24.6 Å². The number of hydrogen-bond donors (Lipinski definition) is 1. The van der Waals surface area contributed by atoms with Gasteiger partial charge in [0.2, 0.25) is 0 Å². The van der Waals surface area contributed by atoms with Crippen molar-refractivity contribution in [1.82, 2.24) is 14.7 Å². The number of rotatable bonds is 5. The second-order valence-corrected chi connectivity index (χ2v) is 5.18. The molecule has 2 unspecified atom stereocenters. The molecule has 1 aliphatic heterocycles. The van der Waals surface area contributed by atoms with E-state index in [-0.39, 0.29) is 6.10 Å². The molecule has 2 heterocycles. The maximum absolute atomic E-state index is 10.4. The molecule has 2 atom stereocenters. The number of likely N-dealkylation sites (N-methyl/N-ethyl adjacent to an activating group) is 1. The average molecular weight is 267 g/mol. The molecule has 0 amide bonds. The Morgan fingerprint density at radius 2 is 2.32 bits per heavy atom. The molecule has 1 aromatic rings. The van der Waals surface area contributed by atoms with Gasteiger partial charge in [0.05, 0.1) is 24.5 Å². The van der Waals surface area contributed by atoms with Crippen LogP contribution in [0.15, 0.2) is 6.07 Å². The largest absolute Gasteiger partial charge is 0.390 e. The number of aryl methyl sites for hydroxylation is 2. The zero-order valence-corrected chi connectivity index (χ0v) is 12.2. The zero-order chi connectivity index (χ0) is 13.8. The van der Waals surface area contributed by atoms with Gasteiger partial charge in [0.15, 0.2) is 0 Å². The minimum absolute atomic E-state index is 0.0892. The lowest BCUT2D eigenvalue weighted by Gasteiger charge is -2.34. The van der Waals surface area contributed by atoms with Gasteiger partial charge in [-0.2, -0.15) is 5.10 Å². The number of hydrogen-bond acceptors (Lipinski definition) is 4. The van der Waals surface area contributed by atoms with Crippen molar-refractivity contribution in [3.05, 3.63) is 17.5 Å². The van der Waals surface area contributed by atoms with E-state index in [1.165, 1.54) is 0 Å². The molecule has 0 aliphatic carbocycles. The van der Waals surface area contributed by atoms with Gasteiger partial charge in [-0.25, -0.2) is 0 Å². The highest BCUT2D eigenvalue weighted by Gasteiger charge is 2.27. The molecule has 19 heavy (non-hydrogen) atoms. The number of aliphatic hydroxyl groups excluding tert-OH is 1. The zero-order valence-electron chi connectivity index (χ0n) is 12.2. The van der Waals surface area contributed by atoms with Crippen molar-refractivity contribution < 1.29 is 9.84 Å². The van der Waals surface area contributed by atoms with Crippen molar-refractivity contribution in [2.75, 3.05) is 26.2 Å². The van der Waals surface area contributed by atoms with Crippen LogP contribution in [0, 0.1) is 0 Å². The van der Waals surface area contributed by atoms with Crippen LogP contribution >= 0.6 is 0 Å². The lowest BCUT2D eigenvalue weighted by Crippen LogP contribution is -2.48. The maximum atomic E-state index is 10.4. The first-order chi connectivity index (χ1) is 9.13. The van der Waals surface area contributed by atoms with E-state index in [2.05, 4.69) is 29.9 Å². The summed E-state index contributed by atoms with van der Waals surface area (Å²) < 4.78 is 7.56. The van der Waals surface area contributed by atoms with Crippen LogP contribution in [0.1, 0.15) is 25.2 Å². The van der Waals surface area contributed by atoms with Gasteiger partial charge in [0, 0.05) is 32.3 Å². The Bertz CT molecular complexity index is 405. The Morgan fingerprint density at radius 3 is 2.95 bits per heavy atom. The van der Waals surface area contributed by atoms with Crippen LogP contribution in [0.25, 0.3) is 0 Å². The van der Waals surface area contributed by atoms with E-state index < -0.39 is 6.10 Å². The van der Waals surface area contributed by atoms with Crippen molar-refractivity contribution in [1.29, 1.82) is 0 Å². The lowest BCUT2D eigenvalue weighted by molar-refractivity contribution is -0.0871. The molecule has 0 radical (unpaired) electrons. The first-order valence-electron chi connectivity index (χ1n) is 7.17. The van der Waals surface area contributed by atoms with Gasteiger partial charge < -0.3 is 9.84 Å². The van der Waals surface area contributed by atoms with Gasteiger partial charge in [-0.15, -0.1) is 0 Å². The summed E-state index contributed by atoms with van der Waals surface area (Å²) in [6, 6.07) is 2.07. The highest BCUT2D eigenvalue weighted by atomic mass is 16.5. The van der Waals surface area contributed by atoms with E-state index in [0.29, 0.717) is 13.0 Å². The van der Waals surface area contributed by atoms with Gasteiger partial charge >= 0.3 is 0 Å². The summed E-state index contributed by atoms with van der Waals surface area (Å²) in [6.45, 7) is 7.73. The van der Waals surface area contributed by atoms with E-state index in [0.717, 1.165) is 37.4 Å². The van der Waals surface area contributed by atoms with E-state index in [1.54, 1.807) is 0 Å². The standard InChI is InChI=1S/C14H25N3O2/c1-4-11-8-12(16(3)15-11)9-13(18)14-10-17(5-2)6-7-19-14/h8,13-14,18H,4-7,9-10H2,1-3H3. The fourth-order valence-corrected chi connectivity index (χ4v) is 2.53. The van der Waals surface area contributed by atoms with Crippen LogP contribution in [-0.4, -0.2) is 58.2 Å². The highest BCUT2D eigenvalue weighted by Crippen LogP contribution is 2.14. The number of aromatic nitrogens is 2. The van der Waals surface area contributed by atoms with Crippen LogP contribution < -0.4 is 0 Å². The number of ether oxygens (including phenoxy) is 1.